The van der Waals surface area contributed by atoms with Crippen molar-refractivity contribution in [2.45, 2.75) is 45.3 Å². The van der Waals surface area contributed by atoms with E-state index in [4.69, 9.17) is 9.84 Å². The highest BCUT2D eigenvalue weighted by molar-refractivity contribution is 5.68. The Morgan fingerprint density at radius 1 is 1.53 bits per heavy atom. The molecule has 5 heteroatoms. The maximum absolute atomic E-state index is 11.8. The van der Waals surface area contributed by atoms with Crippen LogP contribution in [0.1, 0.15) is 33.6 Å². The SMILES string of the molecule is CC(C)(C)OC(=O)N1CC[C@H](C(O)CCO)C1. The molecule has 0 aromatic rings. The summed E-state index contributed by atoms with van der Waals surface area (Å²) in [6, 6.07) is 0. The minimum atomic E-state index is -0.535. The third-order valence-electron chi connectivity index (χ3n) is 2.85. The number of hydrogen-bond donors (Lipinski definition) is 2. The van der Waals surface area contributed by atoms with Crippen LogP contribution in [0.5, 0.6) is 0 Å². The Bertz CT molecular complexity index is 262. The zero-order chi connectivity index (χ0) is 13.1. The first-order chi connectivity index (χ1) is 7.83. The molecule has 0 radical (unpaired) electrons. The van der Waals surface area contributed by atoms with Crippen LogP contribution in [-0.4, -0.2) is 52.6 Å². The van der Waals surface area contributed by atoms with Gasteiger partial charge in [-0.3, -0.25) is 0 Å². The van der Waals surface area contributed by atoms with Gasteiger partial charge in [-0.15, -0.1) is 0 Å². The molecule has 1 rings (SSSR count). The lowest BCUT2D eigenvalue weighted by molar-refractivity contribution is 0.0261. The predicted molar refractivity (Wildman–Crippen MR) is 63.6 cm³/mol. The van der Waals surface area contributed by atoms with E-state index in [1.807, 2.05) is 20.8 Å². The molecule has 0 aliphatic carbocycles. The lowest BCUT2D eigenvalue weighted by Crippen LogP contribution is -2.36. The van der Waals surface area contributed by atoms with E-state index in [0.717, 1.165) is 6.42 Å². The Labute approximate surface area is 102 Å². The van der Waals surface area contributed by atoms with Gasteiger partial charge in [-0.25, -0.2) is 4.79 Å². The zero-order valence-corrected chi connectivity index (χ0v) is 10.8. The van der Waals surface area contributed by atoms with Crippen molar-refractivity contribution < 1.29 is 19.7 Å². The van der Waals surface area contributed by atoms with Gasteiger partial charge < -0.3 is 19.8 Å². The summed E-state index contributed by atoms with van der Waals surface area (Å²) in [6.07, 6.45) is 0.274. The van der Waals surface area contributed by atoms with Gasteiger partial charge in [0.1, 0.15) is 5.60 Å². The van der Waals surface area contributed by atoms with Crippen LogP contribution in [-0.2, 0) is 4.74 Å². The maximum atomic E-state index is 11.8. The van der Waals surface area contributed by atoms with E-state index in [2.05, 4.69) is 0 Å². The molecule has 1 fully saturated rings. The molecule has 0 aromatic carbocycles. The molecule has 2 N–H and O–H groups in total. The van der Waals surface area contributed by atoms with E-state index in [1.165, 1.54) is 0 Å². The van der Waals surface area contributed by atoms with Crippen molar-refractivity contribution in [1.29, 1.82) is 0 Å². The highest BCUT2D eigenvalue weighted by Gasteiger charge is 2.32. The van der Waals surface area contributed by atoms with Crippen molar-refractivity contribution in [1.82, 2.24) is 4.90 Å². The van der Waals surface area contributed by atoms with Crippen LogP contribution in [0.15, 0.2) is 0 Å². The van der Waals surface area contributed by atoms with E-state index in [9.17, 15) is 9.90 Å². The Kier molecular flexibility index (Phi) is 4.77. The molecule has 1 amide bonds. The first-order valence-corrected chi connectivity index (χ1v) is 6.10. The van der Waals surface area contributed by atoms with Gasteiger partial charge in [0, 0.05) is 25.6 Å². The summed E-state index contributed by atoms with van der Waals surface area (Å²) in [4.78, 5) is 13.4. The quantitative estimate of drug-likeness (QED) is 0.778. The van der Waals surface area contributed by atoms with Crippen LogP contribution in [0.4, 0.5) is 4.79 Å². The van der Waals surface area contributed by atoms with Crippen molar-refractivity contribution in [3.63, 3.8) is 0 Å². The van der Waals surface area contributed by atoms with Crippen LogP contribution < -0.4 is 0 Å². The molecular formula is C12H23NO4. The van der Waals surface area contributed by atoms with E-state index >= 15 is 0 Å². The van der Waals surface area contributed by atoms with Gasteiger partial charge in [-0.2, -0.15) is 0 Å². The van der Waals surface area contributed by atoms with Crippen LogP contribution >= 0.6 is 0 Å². The lowest BCUT2D eigenvalue weighted by Gasteiger charge is -2.25. The molecule has 0 bridgehead atoms. The number of amides is 1. The largest absolute Gasteiger partial charge is 0.444 e. The maximum Gasteiger partial charge on any atom is 0.410 e. The second-order valence-electron chi connectivity index (χ2n) is 5.55. The van der Waals surface area contributed by atoms with Gasteiger partial charge in [-0.05, 0) is 33.6 Å². The molecule has 100 valence electrons. The fourth-order valence-corrected chi connectivity index (χ4v) is 1.96. The third kappa shape index (κ3) is 4.52. The molecule has 0 saturated carbocycles. The topological polar surface area (TPSA) is 70.0 Å². The number of aliphatic hydroxyl groups is 2. The number of hydrogen-bond acceptors (Lipinski definition) is 4. The first kappa shape index (κ1) is 14.3. The number of carbonyl (C=O) groups is 1. The van der Waals surface area contributed by atoms with Crippen molar-refractivity contribution in [2.24, 2.45) is 5.92 Å². The summed E-state index contributed by atoms with van der Waals surface area (Å²) in [5.74, 6) is 0.0506. The number of likely N-dealkylation sites (tertiary alicyclic amines) is 1. The van der Waals surface area contributed by atoms with Crippen LogP contribution in [0, 0.1) is 5.92 Å². The van der Waals surface area contributed by atoms with Crippen molar-refractivity contribution >= 4 is 6.09 Å². The molecule has 1 unspecified atom stereocenters. The summed E-state index contributed by atoms with van der Waals surface area (Å²) in [5.41, 5.74) is -0.487. The van der Waals surface area contributed by atoms with Crippen LogP contribution in [0.3, 0.4) is 0 Å². The Morgan fingerprint density at radius 3 is 2.71 bits per heavy atom. The third-order valence-corrected chi connectivity index (χ3v) is 2.85. The van der Waals surface area contributed by atoms with Gasteiger partial charge in [0.15, 0.2) is 0 Å². The summed E-state index contributed by atoms with van der Waals surface area (Å²) >= 11 is 0. The Morgan fingerprint density at radius 2 is 2.18 bits per heavy atom. The van der Waals surface area contributed by atoms with E-state index in [-0.39, 0.29) is 18.6 Å². The Balaban J connectivity index is 2.42. The minimum Gasteiger partial charge on any atom is -0.444 e. The average molecular weight is 245 g/mol. The second kappa shape index (κ2) is 5.69. The summed E-state index contributed by atoms with van der Waals surface area (Å²) in [5, 5.41) is 18.5. The molecule has 17 heavy (non-hydrogen) atoms. The highest BCUT2D eigenvalue weighted by Crippen LogP contribution is 2.23. The molecule has 2 atom stereocenters. The number of ether oxygens (including phenoxy) is 1. The Hall–Kier alpha value is -0.810. The van der Waals surface area contributed by atoms with Crippen molar-refractivity contribution in [3.8, 4) is 0 Å². The minimum absolute atomic E-state index is 0.0237. The number of nitrogens with zero attached hydrogens (tertiary/aromatic N) is 1. The molecule has 0 aromatic heterocycles. The number of carbonyl (C=O) groups excluding carboxylic acids is 1. The normalized spacial score (nSPS) is 22.6. The molecule has 5 nitrogen and oxygen atoms in total. The monoisotopic (exact) mass is 245 g/mol. The summed E-state index contributed by atoms with van der Waals surface area (Å²) in [7, 11) is 0. The smallest absolute Gasteiger partial charge is 0.410 e. The van der Waals surface area contributed by atoms with Crippen molar-refractivity contribution in [2.75, 3.05) is 19.7 Å². The van der Waals surface area contributed by atoms with Gasteiger partial charge in [0.05, 0.1) is 6.10 Å². The first-order valence-electron chi connectivity index (χ1n) is 6.10. The van der Waals surface area contributed by atoms with Gasteiger partial charge in [0.2, 0.25) is 0 Å². The molecule has 1 heterocycles. The zero-order valence-electron chi connectivity index (χ0n) is 10.8. The summed E-state index contributed by atoms with van der Waals surface area (Å²) < 4.78 is 5.27. The van der Waals surface area contributed by atoms with E-state index in [0.29, 0.717) is 19.5 Å². The van der Waals surface area contributed by atoms with Gasteiger partial charge in [-0.1, -0.05) is 0 Å². The number of aliphatic hydroxyl groups excluding tert-OH is 2. The van der Waals surface area contributed by atoms with E-state index in [1.54, 1.807) is 4.90 Å². The fraction of sp³-hybridized carbons (Fsp3) is 0.917. The lowest BCUT2D eigenvalue weighted by atomic mass is 9.99. The predicted octanol–water partition coefficient (Wildman–Crippen LogP) is 0.987. The van der Waals surface area contributed by atoms with Crippen LogP contribution in [0.25, 0.3) is 0 Å². The highest BCUT2D eigenvalue weighted by atomic mass is 16.6. The molecule has 0 spiro atoms. The second-order valence-corrected chi connectivity index (χ2v) is 5.55. The number of rotatable bonds is 3. The van der Waals surface area contributed by atoms with Gasteiger partial charge in [0.25, 0.3) is 0 Å². The average Bonchev–Trinajstić information content (AvgIpc) is 2.63. The molecular weight excluding hydrogens is 222 g/mol. The molecule has 1 aliphatic rings. The molecule has 1 aliphatic heterocycles. The van der Waals surface area contributed by atoms with Gasteiger partial charge >= 0.3 is 6.09 Å². The van der Waals surface area contributed by atoms with E-state index < -0.39 is 11.7 Å². The summed E-state index contributed by atoms with van der Waals surface area (Å²) in [6.45, 7) is 6.60. The standard InChI is InChI=1S/C12H23NO4/c1-12(2,3)17-11(16)13-6-4-9(8-13)10(15)5-7-14/h9-10,14-15H,4-8H2,1-3H3/t9-,10?/m0/s1. The fourth-order valence-electron chi connectivity index (χ4n) is 1.96. The van der Waals surface area contributed by atoms with Crippen LogP contribution in [0.2, 0.25) is 0 Å². The molecule has 1 saturated heterocycles. The van der Waals surface area contributed by atoms with Crippen molar-refractivity contribution in [3.05, 3.63) is 0 Å².